The smallest absolute Gasteiger partial charge is 0.0730 e. The first-order valence-electron chi connectivity index (χ1n) is 6.07. The maximum absolute atomic E-state index is 9.88. The molecule has 0 radical (unpaired) electrons. The molecule has 0 bridgehead atoms. The molecule has 0 heterocycles. The normalized spacial score (nSPS) is 14.0. The number of nitrogens with two attached hydrogens (primary N) is 1. The minimum Gasteiger partial charge on any atom is -0.391 e. The van der Waals surface area contributed by atoms with Gasteiger partial charge in [-0.2, -0.15) is 0 Å². The summed E-state index contributed by atoms with van der Waals surface area (Å²) < 4.78 is 0. The second kappa shape index (κ2) is 6.19. The van der Waals surface area contributed by atoms with Crippen molar-refractivity contribution in [2.45, 2.75) is 32.4 Å². The third-order valence-electron chi connectivity index (χ3n) is 3.37. The van der Waals surface area contributed by atoms with Crippen LogP contribution in [-0.4, -0.2) is 11.2 Å². The molecule has 98 valence electrons. The quantitative estimate of drug-likeness (QED) is 0.894. The summed E-state index contributed by atoms with van der Waals surface area (Å²) >= 11 is 0. The van der Waals surface area contributed by atoms with Gasteiger partial charge in [0.15, 0.2) is 0 Å². The van der Waals surface area contributed by atoms with E-state index in [-0.39, 0.29) is 18.4 Å². The van der Waals surface area contributed by atoms with Crippen LogP contribution >= 0.6 is 12.4 Å². The molecule has 2 rings (SSSR count). The van der Waals surface area contributed by atoms with E-state index in [4.69, 9.17) is 5.73 Å². The Morgan fingerprint density at radius 1 is 1.11 bits per heavy atom. The SMILES string of the molecule is CC[C@H](O)[C@H](N)c1ccc(C)c2ccccc12.Cl. The molecule has 18 heavy (non-hydrogen) atoms. The first-order chi connectivity index (χ1) is 8.15. The van der Waals surface area contributed by atoms with Gasteiger partial charge in [0.25, 0.3) is 0 Å². The molecule has 0 aliphatic rings. The number of aryl methyl sites for hydroxylation is 1. The molecular formula is C15H20ClNO. The Morgan fingerprint density at radius 3 is 2.33 bits per heavy atom. The fourth-order valence-electron chi connectivity index (χ4n) is 2.22. The Morgan fingerprint density at radius 2 is 1.72 bits per heavy atom. The number of rotatable bonds is 3. The van der Waals surface area contributed by atoms with Gasteiger partial charge in [-0.25, -0.2) is 0 Å². The molecule has 0 fully saturated rings. The summed E-state index contributed by atoms with van der Waals surface area (Å²) in [5.41, 5.74) is 8.38. The van der Waals surface area contributed by atoms with Crippen molar-refractivity contribution in [1.29, 1.82) is 0 Å². The van der Waals surface area contributed by atoms with Crippen LogP contribution in [0.4, 0.5) is 0 Å². The van der Waals surface area contributed by atoms with Crippen LogP contribution in [0.25, 0.3) is 10.8 Å². The highest BCUT2D eigenvalue weighted by atomic mass is 35.5. The number of hydrogen-bond acceptors (Lipinski definition) is 2. The van der Waals surface area contributed by atoms with Crippen molar-refractivity contribution in [2.24, 2.45) is 5.73 Å². The maximum atomic E-state index is 9.88. The summed E-state index contributed by atoms with van der Waals surface area (Å²) in [5.74, 6) is 0. The monoisotopic (exact) mass is 265 g/mol. The van der Waals surface area contributed by atoms with Crippen LogP contribution in [0.3, 0.4) is 0 Å². The van der Waals surface area contributed by atoms with Crippen LogP contribution in [0.2, 0.25) is 0 Å². The van der Waals surface area contributed by atoms with Gasteiger partial charge in [-0.05, 0) is 35.2 Å². The van der Waals surface area contributed by atoms with E-state index >= 15 is 0 Å². The largest absolute Gasteiger partial charge is 0.391 e. The summed E-state index contributed by atoms with van der Waals surface area (Å²) in [5, 5.41) is 12.2. The van der Waals surface area contributed by atoms with E-state index in [0.29, 0.717) is 6.42 Å². The van der Waals surface area contributed by atoms with Crippen LogP contribution in [0.5, 0.6) is 0 Å². The highest BCUT2D eigenvalue weighted by Gasteiger charge is 2.17. The lowest BCUT2D eigenvalue weighted by Crippen LogP contribution is -2.25. The molecule has 2 atom stereocenters. The molecular weight excluding hydrogens is 246 g/mol. The number of hydrogen-bond donors (Lipinski definition) is 2. The number of benzene rings is 2. The van der Waals surface area contributed by atoms with E-state index in [2.05, 4.69) is 25.1 Å². The van der Waals surface area contributed by atoms with Crippen LogP contribution in [0, 0.1) is 6.92 Å². The van der Waals surface area contributed by atoms with Crippen molar-refractivity contribution in [3.63, 3.8) is 0 Å². The predicted molar refractivity (Wildman–Crippen MR) is 79.2 cm³/mol. The number of fused-ring (bicyclic) bond motifs is 1. The second-order valence-electron chi connectivity index (χ2n) is 4.52. The Bertz CT molecular complexity index is 527. The molecule has 3 heteroatoms. The van der Waals surface area contributed by atoms with E-state index in [1.165, 1.54) is 10.9 Å². The maximum Gasteiger partial charge on any atom is 0.0730 e. The molecule has 0 saturated heterocycles. The number of aliphatic hydroxyl groups excluding tert-OH is 1. The van der Waals surface area contributed by atoms with E-state index in [0.717, 1.165) is 10.9 Å². The zero-order valence-electron chi connectivity index (χ0n) is 10.8. The van der Waals surface area contributed by atoms with E-state index < -0.39 is 6.10 Å². The number of halogens is 1. The zero-order valence-corrected chi connectivity index (χ0v) is 11.6. The van der Waals surface area contributed by atoms with Crippen LogP contribution in [0.15, 0.2) is 36.4 Å². The van der Waals surface area contributed by atoms with Crippen LogP contribution < -0.4 is 5.73 Å². The van der Waals surface area contributed by atoms with Crippen molar-refractivity contribution < 1.29 is 5.11 Å². The molecule has 0 unspecified atom stereocenters. The Balaban J connectivity index is 0.00000162. The Hall–Kier alpha value is -1.09. The van der Waals surface area contributed by atoms with Gasteiger partial charge in [0.05, 0.1) is 12.1 Å². The highest BCUT2D eigenvalue weighted by molar-refractivity contribution is 5.89. The minimum absolute atomic E-state index is 0. The molecule has 0 amide bonds. The molecule has 3 N–H and O–H groups in total. The third-order valence-corrected chi connectivity index (χ3v) is 3.37. The average molecular weight is 266 g/mol. The van der Waals surface area contributed by atoms with Gasteiger partial charge >= 0.3 is 0 Å². The van der Waals surface area contributed by atoms with Gasteiger partial charge in [0, 0.05) is 0 Å². The first-order valence-corrected chi connectivity index (χ1v) is 6.07. The Kier molecular flexibility index (Phi) is 5.15. The first kappa shape index (κ1) is 15.0. The molecule has 2 nitrogen and oxygen atoms in total. The van der Waals surface area contributed by atoms with Gasteiger partial charge in [0.2, 0.25) is 0 Å². The zero-order chi connectivity index (χ0) is 12.4. The van der Waals surface area contributed by atoms with Gasteiger partial charge < -0.3 is 10.8 Å². The lowest BCUT2D eigenvalue weighted by molar-refractivity contribution is 0.141. The van der Waals surface area contributed by atoms with Crippen molar-refractivity contribution >= 4 is 23.2 Å². The summed E-state index contributed by atoms with van der Waals surface area (Å²) in [6.45, 7) is 4.04. The van der Waals surface area contributed by atoms with E-state index in [1.54, 1.807) is 0 Å². The molecule has 0 spiro atoms. The summed E-state index contributed by atoms with van der Waals surface area (Å²) in [7, 11) is 0. The topological polar surface area (TPSA) is 46.2 Å². The predicted octanol–water partition coefficient (Wildman–Crippen LogP) is 3.34. The molecule has 2 aromatic rings. The van der Waals surface area contributed by atoms with Gasteiger partial charge in [-0.15, -0.1) is 12.4 Å². The second-order valence-corrected chi connectivity index (χ2v) is 4.52. The van der Waals surface area contributed by atoms with Crippen molar-refractivity contribution in [2.75, 3.05) is 0 Å². The molecule has 0 aliphatic carbocycles. The van der Waals surface area contributed by atoms with Crippen molar-refractivity contribution in [3.8, 4) is 0 Å². The summed E-state index contributed by atoms with van der Waals surface area (Å²) in [6, 6.07) is 12.0. The van der Waals surface area contributed by atoms with Gasteiger partial charge in [0.1, 0.15) is 0 Å². The van der Waals surface area contributed by atoms with Crippen molar-refractivity contribution in [1.82, 2.24) is 0 Å². The average Bonchev–Trinajstić information content (AvgIpc) is 2.38. The lowest BCUT2D eigenvalue weighted by Gasteiger charge is -2.20. The highest BCUT2D eigenvalue weighted by Crippen LogP contribution is 2.27. The summed E-state index contributed by atoms with van der Waals surface area (Å²) in [6.07, 6.45) is 0.185. The standard InChI is InChI=1S/C15H19NO.ClH/c1-3-14(17)15(16)13-9-8-10(2)11-6-4-5-7-12(11)13;/h4-9,14-15,17H,3,16H2,1-2H3;1H/t14-,15+;/m0./s1. The van der Waals surface area contributed by atoms with E-state index in [1.807, 2.05) is 25.1 Å². The van der Waals surface area contributed by atoms with Gasteiger partial charge in [-0.1, -0.05) is 43.3 Å². The molecule has 2 aromatic carbocycles. The van der Waals surface area contributed by atoms with Gasteiger partial charge in [-0.3, -0.25) is 0 Å². The third kappa shape index (κ3) is 2.66. The Labute approximate surface area is 114 Å². The molecule has 0 saturated carbocycles. The fourth-order valence-corrected chi connectivity index (χ4v) is 2.22. The molecule has 0 aliphatic heterocycles. The summed E-state index contributed by atoms with van der Waals surface area (Å²) in [4.78, 5) is 0. The van der Waals surface area contributed by atoms with E-state index in [9.17, 15) is 5.11 Å². The lowest BCUT2D eigenvalue weighted by atomic mass is 9.93. The fraction of sp³-hybridized carbons (Fsp3) is 0.333. The minimum atomic E-state index is -0.485. The number of aliphatic hydroxyl groups is 1. The van der Waals surface area contributed by atoms with Crippen molar-refractivity contribution in [3.05, 3.63) is 47.5 Å². The molecule has 0 aromatic heterocycles. The van der Waals surface area contributed by atoms with Crippen LogP contribution in [-0.2, 0) is 0 Å². The van der Waals surface area contributed by atoms with Crippen LogP contribution in [0.1, 0.15) is 30.5 Å².